The number of fused-ring (bicyclic) bond motifs is 1. The second kappa shape index (κ2) is 5.77. The number of anilines is 1. The third-order valence-corrected chi connectivity index (χ3v) is 3.94. The van der Waals surface area contributed by atoms with E-state index in [-0.39, 0.29) is 11.6 Å². The Balaban J connectivity index is 1.57. The fourth-order valence-corrected chi connectivity index (χ4v) is 2.80. The van der Waals surface area contributed by atoms with Crippen LogP contribution >= 0.6 is 0 Å². The van der Waals surface area contributed by atoms with Crippen molar-refractivity contribution in [3.8, 4) is 0 Å². The van der Waals surface area contributed by atoms with Crippen LogP contribution in [0.15, 0.2) is 36.8 Å². The lowest BCUT2D eigenvalue weighted by atomic mass is 10.2. The summed E-state index contributed by atoms with van der Waals surface area (Å²) in [5.41, 5.74) is 2.78. The summed E-state index contributed by atoms with van der Waals surface area (Å²) in [7, 11) is 0. The van der Waals surface area contributed by atoms with Crippen molar-refractivity contribution in [3.05, 3.63) is 48.3 Å². The molecule has 1 atom stereocenters. The van der Waals surface area contributed by atoms with Crippen molar-refractivity contribution in [1.82, 2.24) is 25.3 Å². The van der Waals surface area contributed by atoms with Crippen LogP contribution in [0.25, 0.3) is 11.0 Å². The first-order valence-corrected chi connectivity index (χ1v) is 7.60. The van der Waals surface area contributed by atoms with Gasteiger partial charge in [0.15, 0.2) is 0 Å². The largest absolute Gasteiger partial charge is 0.341 e. The van der Waals surface area contributed by atoms with Crippen LogP contribution in [0.1, 0.15) is 35.2 Å². The highest BCUT2D eigenvalue weighted by atomic mass is 16.1. The number of amides is 1. The lowest BCUT2D eigenvalue weighted by molar-refractivity contribution is 0.102. The average Bonchev–Trinajstić information content (AvgIpc) is 3.24. The van der Waals surface area contributed by atoms with E-state index in [2.05, 4.69) is 30.6 Å². The Kier molecular flexibility index (Phi) is 3.47. The number of H-pyrrole nitrogens is 1. The molecule has 1 aromatic carbocycles. The minimum Gasteiger partial charge on any atom is -0.341 e. The number of aromatic nitrogens is 4. The van der Waals surface area contributed by atoms with Gasteiger partial charge in [0.1, 0.15) is 11.5 Å². The van der Waals surface area contributed by atoms with Gasteiger partial charge in [-0.15, -0.1) is 0 Å². The van der Waals surface area contributed by atoms with E-state index in [9.17, 15) is 4.79 Å². The molecule has 3 N–H and O–H groups in total. The van der Waals surface area contributed by atoms with Crippen LogP contribution in [0.3, 0.4) is 0 Å². The summed E-state index contributed by atoms with van der Waals surface area (Å²) in [4.78, 5) is 28.0. The first-order valence-electron chi connectivity index (χ1n) is 7.60. The normalized spacial score (nSPS) is 17.5. The molecule has 1 aliphatic heterocycles. The average molecular weight is 308 g/mol. The zero-order valence-corrected chi connectivity index (χ0v) is 12.4. The maximum Gasteiger partial charge on any atom is 0.275 e. The number of hydrogen-bond donors (Lipinski definition) is 3. The number of benzene rings is 1. The number of carbonyl (C=O) groups excluding carboxylic acids is 1. The maximum atomic E-state index is 12.1. The van der Waals surface area contributed by atoms with Gasteiger partial charge >= 0.3 is 0 Å². The van der Waals surface area contributed by atoms with Crippen molar-refractivity contribution in [2.24, 2.45) is 0 Å². The van der Waals surface area contributed by atoms with Crippen LogP contribution in [-0.2, 0) is 0 Å². The fourth-order valence-electron chi connectivity index (χ4n) is 2.80. The molecule has 7 nitrogen and oxygen atoms in total. The number of carbonyl (C=O) groups is 1. The topological polar surface area (TPSA) is 95.6 Å². The van der Waals surface area contributed by atoms with Gasteiger partial charge in [0.2, 0.25) is 0 Å². The van der Waals surface area contributed by atoms with Gasteiger partial charge in [-0.2, -0.15) is 0 Å². The second-order valence-electron chi connectivity index (χ2n) is 5.55. The van der Waals surface area contributed by atoms with Crippen LogP contribution in [0.4, 0.5) is 5.69 Å². The van der Waals surface area contributed by atoms with E-state index in [0.717, 1.165) is 29.8 Å². The Morgan fingerprint density at radius 3 is 3.04 bits per heavy atom. The molecule has 0 spiro atoms. The van der Waals surface area contributed by atoms with Gasteiger partial charge in [0.05, 0.1) is 23.3 Å². The summed E-state index contributed by atoms with van der Waals surface area (Å²) in [5.74, 6) is 0.671. The van der Waals surface area contributed by atoms with E-state index in [1.54, 1.807) is 0 Å². The molecule has 3 heterocycles. The maximum absolute atomic E-state index is 12.1. The molecule has 0 unspecified atom stereocenters. The number of nitrogens with one attached hydrogen (secondary N) is 3. The van der Waals surface area contributed by atoms with Gasteiger partial charge in [-0.25, -0.2) is 9.97 Å². The monoisotopic (exact) mass is 308 g/mol. The molecule has 0 aliphatic carbocycles. The predicted octanol–water partition coefficient (Wildman–Crippen LogP) is 2.03. The number of hydrogen-bond acceptors (Lipinski definition) is 5. The molecule has 0 saturated carbocycles. The first kappa shape index (κ1) is 13.8. The van der Waals surface area contributed by atoms with Crippen LogP contribution < -0.4 is 10.6 Å². The van der Waals surface area contributed by atoms with Crippen molar-refractivity contribution in [2.45, 2.75) is 18.9 Å². The highest BCUT2D eigenvalue weighted by Crippen LogP contribution is 2.24. The van der Waals surface area contributed by atoms with Crippen molar-refractivity contribution in [1.29, 1.82) is 0 Å². The van der Waals surface area contributed by atoms with Crippen LogP contribution in [-0.4, -0.2) is 32.4 Å². The van der Waals surface area contributed by atoms with E-state index >= 15 is 0 Å². The minimum absolute atomic E-state index is 0.283. The predicted molar refractivity (Wildman–Crippen MR) is 86.1 cm³/mol. The van der Waals surface area contributed by atoms with Crippen molar-refractivity contribution < 1.29 is 4.79 Å². The Morgan fingerprint density at radius 2 is 2.26 bits per heavy atom. The van der Waals surface area contributed by atoms with Crippen molar-refractivity contribution in [2.75, 3.05) is 11.9 Å². The summed E-state index contributed by atoms with van der Waals surface area (Å²) in [6, 6.07) is 5.91. The highest BCUT2D eigenvalue weighted by molar-refractivity contribution is 6.03. The van der Waals surface area contributed by atoms with Crippen LogP contribution in [0, 0.1) is 0 Å². The molecule has 1 aliphatic rings. The standard InChI is InChI=1S/C16H16N6O/c23-16(14-9-17-6-7-19-14)20-10-3-4-11-13(8-10)22-15(21-11)12-2-1-5-18-12/h3-4,6-9,12,18H,1-2,5H2,(H,20,23)(H,21,22)/t12-/m0/s1. The fraction of sp³-hybridized carbons (Fsp3) is 0.250. The van der Waals surface area contributed by atoms with E-state index in [0.29, 0.717) is 11.7 Å². The molecule has 23 heavy (non-hydrogen) atoms. The van der Waals surface area contributed by atoms with E-state index in [1.807, 2.05) is 18.2 Å². The summed E-state index contributed by atoms with van der Waals surface area (Å²) >= 11 is 0. The van der Waals surface area contributed by atoms with Crippen LogP contribution in [0.2, 0.25) is 0 Å². The first-order chi connectivity index (χ1) is 11.3. The summed E-state index contributed by atoms with van der Waals surface area (Å²) in [6.07, 6.45) is 6.73. The Morgan fingerprint density at radius 1 is 1.30 bits per heavy atom. The van der Waals surface area contributed by atoms with Gasteiger partial charge < -0.3 is 15.6 Å². The molecular formula is C16H16N6O. The molecule has 7 heteroatoms. The molecular weight excluding hydrogens is 292 g/mol. The second-order valence-corrected chi connectivity index (χ2v) is 5.55. The molecule has 4 rings (SSSR count). The minimum atomic E-state index is -0.283. The zero-order valence-electron chi connectivity index (χ0n) is 12.4. The molecule has 116 valence electrons. The van der Waals surface area contributed by atoms with E-state index in [1.165, 1.54) is 25.0 Å². The quantitative estimate of drug-likeness (QED) is 0.688. The van der Waals surface area contributed by atoms with E-state index < -0.39 is 0 Å². The molecule has 1 amide bonds. The number of nitrogens with zero attached hydrogens (tertiary/aromatic N) is 3. The third kappa shape index (κ3) is 2.78. The lowest BCUT2D eigenvalue weighted by Crippen LogP contribution is -2.14. The Labute approximate surface area is 132 Å². The number of imidazole rings is 1. The van der Waals surface area contributed by atoms with E-state index in [4.69, 9.17) is 0 Å². The summed E-state index contributed by atoms with van der Waals surface area (Å²) in [5, 5.41) is 6.25. The summed E-state index contributed by atoms with van der Waals surface area (Å²) < 4.78 is 0. The number of aromatic amines is 1. The van der Waals surface area contributed by atoms with Crippen LogP contribution in [0.5, 0.6) is 0 Å². The highest BCUT2D eigenvalue weighted by Gasteiger charge is 2.19. The van der Waals surface area contributed by atoms with Gasteiger partial charge in [-0.3, -0.25) is 9.78 Å². The number of rotatable bonds is 3. The van der Waals surface area contributed by atoms with Crippen molar-refractivity contribution >= 4 is 22.6 Å². The third-order valence-electron chi connectivity index (χ3n) is 3.94. The molecule has 1 fully saturated rings. The summed E-state index contributed by atoms with van der Waals surface area (Å²) in [6.45, 7) is 1.03. The zero-order chi connectivity index (χ0) is 15.6. The van der Waals surface area contributed by atoms with Crippen molar-refractivity contribution in [3.63, 3.8) is 0 Å². The van der Waals surface area contributed by atoms with Gasteiger partial charge in [-0.05, 0) is 37.6 Å². The van der Waals surface area contributed by atoms with Gasteiger partial charge in [0.25, 0.3) is 5.91 Å². The smallest absolute Gasteiger partial charge is 0.275 e. The molecule has 0 bridgehead atoms. The van der Waals surface area contributed by atoms with Gasteiger partial charge in [0, 0.05) is 18.1 Å². The molecule has 3 aromatic rings. The van der Waals surface area contributed by atoms with Gasteiger partial charge in [-0.1, -0.05) is 0 Å². The Bertz CT molecular complexity index is 838. The molecule has 2 aromatic heterocycles. The SMILES string of the molecule is O=C(Nc1ccc2nc([C@@H]3CCCN3)[nH]c2c1)c1cnccn1. The lowest BCUT2D eigenvalue weighted by Gasteiger charge is -2.04. The Hall–Kier alpha value is -2.80. The molecule has 1 saturated heterocycles. The molecule has 0 radical (unpaired) electrons.